The van der Waals surface area contributed by atoms with E-state index in [1.54, 1.807) is 4.90 Å². The number of carbonyl (C=O) groups excluding carboxylic acids is 2. The third kappa shape index (κ3) is 4.85. The molecule has 1 aliphatic rings. The highest BCUT2D eigenvalue weighted by atomic mass is 16.5. The standard InChI is InChI=1S/C18H27N3O4/c1-4-14(13-8-6-7-9-15(13)24-5-2)20-18(23)21-10-12(3)25-16(11-21)17(19)22/h6-9,12,14,16H,4-5,10-11H2,1-3H3,(H2,19,22)(H,20,23)/t12-,14+,16+/m1/s1. The van der Waals surface area contributed by atoms with Crippen LogP contribution in [0.4, 0.5) is 4.79 Å². The number of urea groups is 1. The Hall–Kier alpha value is -2.28. The van der Waals surface area contributed by atoms with Crippen molar-refractivity contribution in [2.45, 2.75) is 45.4 Å². The first-order chi connectivity index (χ1) is 12.0. The van der Waals surface area contributed by atoms with Crippen LogP contribution in [0.1, 0.15) is 38.8 Å². The predicted octanol–water partition coefficient (Wildman–Crippen LogP) is 1.82. The summed E-state index contributed by atoms with van der Waals surface area (Å²) in [7, 11) is 0. The van der Waals surface area contributed by atoms with Crippen LogP contribution in [-0.2, 0) is 9.53 Å². The molecule has 3 N–H and O–H groups in total. The molecule has 0 saturated carbocycles. The van der Waals surface area contributed by atoms with E-state index in [0.29, 0.717) is 13.2 Å². The molecular weight excluding hydrogens is 322 g/mol. The van der Waals surface area contributed by atoms with E-state index in [2.05, 4.69) is 5.32 Å². The number of hydrogen-bond acceptors (Lipinski definition) is 4. The molecule has 2 rings (SSSR count). The van der Waals surface area contributed by atoms with Crippen LogP contribution in [0.2, 0.25) is 0 Å². The SMILES string of the molecule is CCOc1ccccc1[C@H](CC)NC(=O)N1C[C@@H](C)O[C@H](C(N)=O)C1. The molecule has 7 heteroatoms. The van der Waals surface area contributed by atoms with Gasteiger partial charge in [-0.15, -0.1) is 0 Å². The van der Waals surface area contributed by atoms with Crippen molar-refractivity contribution in [1.82, 2.24) is 10.2 Å². The lowest BCUT2D eigenvalue weighted by molar-refractivity contribution is -0.139. The Balaban J connectivity index is 2.10. The van der Waals surface area contributed by atoms with Crippen LogP contribution in [0.3, 0.4) is 0 Å². The topological polar surface area (TPSA) is 93.9 Å². The molecule has 0 aliphatic carbocycles. The van der Waals surface area contributed by atoms with Gasteiger partial charge in [0.15, 0.2) is 6.10 Å². The average molecular weight is 349 g/mol. The lowest BCUT2D eigenvalue weighted by atomic mass is 10.0. The van der Waals surface area contributed by atoms with Gasteiger partial charge in [0.2, 0.25) is 5.91 Å². The van der Waals surface area contributed by atoms with Gasteiger partial charge in [-0.05, 0) is 26.3 Å². The molecule has 1 aliphatic heterocycles. The number of amides is 3. The Morgan fingerprint density at radius 3 is 2.72 bits per heavy atom. The van der Waals surface area contributed by atoms with Crippen LogP contribution in [0.5, 0.6) is 5.75 Å². The van der Waals surface area contributed by atoms with Crippen molar-refractivity contribution in [2.24, 2.45) is 5.73 Å². The molecule has 3 amide bonds. The molecule has 0 aromatic heterocycles. The molecule has 1 fully saturated rings. The minimum absolute atomic E-state index is 0.162. The minimum Gasteiger partial charge on any atom is -0.494 e. The van der Waals surface area contributed by atoms with Gasteiger partial charge in [-0.2, -0.15) is 0 Å². The average Bonchev–Trinajstić information content (AvgIpc) is 2.60. The molecule has 0 spiro atoms. The zero-order valence-electron chi connectivity index (χ0n) is 15.0. The fourth-order valence-corrected chi connectivity index (χ4v) is 2.97. The number of nitrogens with one attached hydrogen (secondary N) is 1. The molecule has 25 heavy (non-hydrogen) atoms. The van der Waals surface area contributed by atoms with Gasteiger partial charge in [-0.3, -0.25) is 4.79 Å². The summed E-state index contributed by atoms with van der Waals surface area (Å²) in [5.74, 6) is 0.209. The number of ether oxygens (including phenoxy) is 2. The van der Waals surface area contributed by atoms with E-state index in [-0.39, 0.29) is 24.7 Å². The summed E-state index contributed by atoms with van der Waals surface area (Å²) in [6.45, 7) is 6.88. The predicted molar refractivity (Wildman–Crippen MR) is 94.3 cm³/mol. The van der Waals surface area contributed by atoms with E-state index < -0.39 is 12.0 Å². The zero-order valence-corrected chi connectivity index (χ0v) is 15.0. The number of morpholine rings is 1. The van der Waals surface area contributed by atoms with E-state index in [1.807, 2.05) is 45.0 Å². The molecule has 1 aromatic carbocycles. The third-order valence-corrected chi connectivity index (χ3v) is 4.17. The first-order valence-electron chi connectivity index (χ1n) is 8.68. The molecule has 1 saturated heterocycles. The Bertz CT molecular complexity index is 608. The fourth-order valence-electron chi connectivity index (χ4n) is 2.97. The molecule has 7 nitrogen and oxygen atoms in total. The van der Waals surface area contributed by atoms with Gasteiger partial charge < -0.3 is 25.4 Å². The van der Waals surface area contributed by atoms with Crippen LogP contribution < -0.4 is 15.8 Å². The van der Waals surface area contributed by atoms with Crippen molar-refractivity contribution in [3.05, 3.63) is 29.8 Å². The summed E-state index contributed by atoms with van der Waals surface area (Å²) in [6, 6.07) is 7.26. The van der Waals surface area contributed by atoms with Gasteiger partial charge in [0.1, 0.15) is 5.75 Å². The van der Waals surface area contributed by atoms with Crippen molar-refractivity contribution in [1.29, 1.82) is 0 Å². The summed E-state index contributed by atoms with van der Waals surface area (Å²) >= 11 is 0. The number of para-hydroxylation sites is 1. The number of primary amides is 1. The van der Waals surface area contributed by atoms with Crippen LogP contribution in [0.25, 0.3) is 0 Å². The number of nitrogens with zero attached hydrogens (tertiary/aromatic N) is 1. The van der Waals surface area contributed by atoms with Crippen molar-refractivity contribution in [2.75, 3.05) is 19.7 Å². The van der Waals surface area contributed by atoms with Gasteiger partial charge in [0, 0.05) is 12.1 Å². The van der Waals surface area contributed by atoms with Crippen molar-refractivity contribution in [3.8, 4) is 5.75 Å². The lowest BCUT2D eigenvalue weighted by Gasteiger charge is -2.36. The summed E-state index contributed by atoms with van der Waals surface area (Å²) < 4.78 is 11.1. The molecule has 138 valence electrons. The molecule has 3 atom stereocenters. The molecule has 1 aromatic rings. The van der Waals surface area contributed by atoms with E-state index in [4.69, 9.17) is 15.2 Å². The Morgan fingerprint density at radius 1 is 1.36 bits per heavy atom. The zero-order chi connectivity index (χ0) is 18.4. The molecule has 0 radical (unpaired) electrons. The number of carbonyl (C=O) groups is 2. The largest absolute Gasteiger partial charge is 0.494 e. The molecule has 1 heterocycles. The summed E-state index contributed by atoms with van der Waals surface area (Å²) in [5.41, 5.74) is 6.26. The highest BCUT2D eigenvalue weighted by Gasteiger charge is 2.32. The Morgan fingerprint density at radius 2 is 2.08 bits per heavy atom. The second-order valence-electron chi connectivity index (χ2n) is 6.12. The van der Waals surface area contributed by atoms with E-state index in [0.717, 1.165) is 17.7 Å². The van der Waals surface area contributed by atoms with Crippen LogP contribution >= 0.6 is 0 Å². The highest BCUT2D eigenvalue weighted by molar-refractivity contribution is 5.81. The van der Waals surface area contributed by atoms with Crippen molar-refractivity contribution in [3.63, 3.8) is 0 Å². The second kappa shape index (κ2) is 8.71. The quantitative estimate of drug-likeness (QED) is 0.819. The number of nitrogens with two attached hydrogens (primary N) is 1. The van der Waals surface area contributed by atoms with E-state index in [1.165, 1.54) is 0 Å². The fraction of sp³-hybridized carbons (Fsp3) is 0.556. The van der Waals surface area contributed by atoms with E-state index >= 15 is 0 Å². The minimum atomic E-state index is -0.773. The molecule has 0 bridgehead atoms. The van der Waals surface area contributed by atoms with Gasteiger partial charge >= 0.3 is 6.03 Å². The second-order valence-corrected chi connectivity index (χ2v) is 6.12. The van der Waals surface area contributed by atoms with Crippen LogP contribution in [0.15, 0.2) is 24.3 Å². The van der Waals surface area contributed by atoms with Crippen molar-refractivity contribution < 1.29 is 19.1 Å². The maximum absolute atomic E-state index is 12.7. The number of hydrogen-bond donors (Lipinski definition) is 2. The number of rotatable bonds is 6. The van der Waals surface area contributed by atoms with Crippen LogP contribution in [-0.4, -0.2) is 48.7 Å². The molecular formula is C18H27N3O4. The summed E-state index contributed by atoms with van der Waals surface area (Å²) in [5, 5.41) is 3.03. The van der Waals surface area contributed by atoms with Gasteiger partial charge in [0.25, 0.3) is 0 Å². The number of benzene rings is 1. The maximum atomic E-state index is 12.7. The molecule has 0 unspecified atom stereocenters. The van der Waals surface area contributed by atoms with Gasteiger partial charge in [-0.1, -0.05) is 25.1 Å². The normalized spacial score (nSPS) is 21.5. The maximum Gasteiger partial charge on any atom is 0.318 e. The Labute approximate surface area is 148 Å². The van der Waals surface area contributed by atoms with Crippen molar-refractivity contribution >= 4 is 11.9 Å². The van der Waals surface area contributed by atoms with Crippen LogP contribution in [0, 0.1) is 0 Å². The van der Waals surface area contributed by atoms with Gasteiger partial charge in [0.05, 0.1) is 25.3 Å². The third-order valence-electron chi connectivity index (χ3n) is 4.17. The lowest BCUT2D eigenvalue weighted by Crippen LogP contribution is -2.56. The van der Waals surface area contributed by atoms with E-state index in [9.17, 15) is 9.59 Å². The summed E-state index contributed by atoms with van der Waals surface area (Å²) in [6.07, 6.45) is -0.298. The highest BCUT2D eigenvalue weighted by Crippen LogP contribution is 2.27. The smallest absolute Gasteiger partial charge is 0.318 e. The first kappa shape index (κ1) is 19.1. The van der Waals surface area contributed by atoms with Gasteiger partial charge in [-0.25, -0.2) is 4.79 Å². The monoisotopic (exact) mass is 349 g/mol. The Kier molecular flexibility index (Phi) is 6.64. The first-order valence-corrected chi connectivity index (χ1v) is 8.68. The summed E-state index contributed by atoms with van der Waals surface area (Å²) in [4.78, 5) is 25.7.